The first kappa shape index (κ1) is 10.8. The maximum atomic E-state index is 10.5. The van der Waals surface area contributed by atoms with Gasteiger partial charge in [0.25, 0.3) is 0 Å². The van der Waals surface area contributed by atoms with Crippen molar-refractivity contribution in [2.24, 2.45) is 0 Å². The lowest BCUT2D eigenvalue weighted by Crippen LogP contribution is -1.81. The van der Waals surface area contributed by atoms with E-state index in [-0.39, 0.29) is 5.75 Å². The highest BCUT2D eigenvalue weighted by atomic mass is 32.2. The summed E-state index contributed by atoms with van der Waals surface area (Å²) >= 11 is 1.47. The van der Waals surface area contributed by atoms with Crippen LogP contribution in [0.5, 0.6) is 5.75 Å². The van der Waals surface area contributed by atoms with Crippen molar-refractivity contribution >= 4 is 18.0 Å². The van der Waals surface area contributed by atoms with Crippen LogP contribution in [0.1, 0.15) is 10.4 Å². The van der Waals surface area contributed by atoms with Crippen molar-refractivity contribution in [1.82, 2.24) is 0 Å². The molecule has 1 N–H and O–H groups in total. The van der Waals surface area contributed by atoms with Gasteiger partial charge in [-0.3, -0.25) is 4.79 Å². The quantitative estimate of drug-likeness (QED) is 0.821. The predicted octanol–water partition coefficient (Wildman–Crippen LogP) is 3.36. The minimum absolute atomic E-state index is 0.137. The summed E-state index contributed by atoms with van der Waals surface area (Å²) in [6.45, 7) is 0. The van der Waals surface area contributed by atoms with E-state index in [1.54, 1.807) is 12.1 Å². The molecule has 0 saturated heterocycles. The van der Waals surface area contributed by atoms with Crippen LogP contribution in [0.15, 0.2) is 58.3 Å². The van der Waals surface area contributed by atoms with Crippen LogP contribution in [0, 0.1) is 0 Å². The third kappa shape index (κ3) is 2.44. The van der Waals surface area contributed by atoms with E-state index in [1.807, 2.05) is 30.3 Å². The summed E-state index contributed by atoms with van der Waals surface area (Å²) in [5.41, 5.74) is 0.481. The molecule has 2 rings (SSSR count). The summed E-state index contributed by atoms with van der Waals surface area (Å²) in [7, 11) is 0. The number of carbonyl (C=O) groups is 1. The summed E-state index contributed by atoms with van der Waals surface area (Å²) < 4.78 is 0. The van der Waals surface area contributed by atoms with E-state index >= 15 is 0 Å². The number of phenols is 1. The van der Waals surface area contributed by atoms with Gasteiger partial charge in [-0.25, -0.2) is 0 Å². The van der Waals surface area contributed by atoms with Gasteiger partial charge < -0.3 is 5.11 Å². The largest absolute Gasteiger partial charge is 0.507 e. The fourth-order valence-corrected chi connectivity index (χ4v) is 2.16. The molecule has 0 radical (unpaired) electrons. The number of rotatable bonds is 3. The van der Waals surface area contributed by atoms with Crippen molar-refractivity contribution in [1.29, 1.82) is 0 Å². The summed E-state index contributed by atoms with van der Waals surface area (Å²) in [5.74, 6) is 0.137. The molecule has 80 valence electrons. The molecule has 16 heavy (non-hydrogen) atoms. The van der Waals surface area contributed by atoms with Crippen LogP contribution in [0.3, 0.4) is 0 Å². The smallest absolute Gasteiger partial charge is 0.150 e. The number of carbonyl (C=O) groups excluding carboxylic acids is 1. The fraction of sp³-hybridized carbons (Fsp3) is 0. The van der Waals surface area contributed by atoms with E-state index in [4.69, 9.17) is 0 Å². The minimum Gasteiger partial charge on any atom is -0.507 e. The van der Waals surface area contributed by atoms with Crippen molar-refractivity contribution in [2.45, 2.75) is 9.79 Å². The van der Waals surface area contributed by atoms with Crippen LogP contribution in [0.25, 0.3) is 0 Å². The number of phenolic OH excluding ortho intramolecular Hbond substituents is 1. The Morgan fingerprint density at radius 1 is 1.06 bits per heavy atom. The lowest BCUT2D eigenvalue weighted by Gasteiger charge is -2.04. The second-order valence-electron chi connectivity index (χ2n) is 3.26. The summed E-state index contributed by atoms with van der Waals surface area (Å²) in [5, 5.41) is 9.70. The molecule has 0 spiro atoms. The second-order valence-corrected chi connectivity index (χ2v) is 4.38. The van der Waals surface area contributed by atoms with E-state index in [0.29, 0.717) is 5.56 Å². The SMILES string of the molecule is O=Cc1ccc(Sc2ccccc2)c(O)c1. The molecule has 0 aliphatic heterocycles. The lowest BCUT2D eigenvalue weighted by atomic mass is 10.2. The van der Waals surface area contributed by atoms with Gasteiger partial charge in [0.05, 0.1) is 4.90 Å². The Bertz CT molecular complexity index is 495. The van der Waals surface area contributed by atoms with E-state index in [2.05, 4.69) is 0 Å². The van der Waals surface area contributed by atoms with Gasteiger partial charge in [0.15, 0.2) is 0 Å². The van der Waals surface area contributed by atoms with Crippen LogP contribution in [-0.2, 0) is 0 Å². The maximum absolute atomic E-state index is 10.5. The van der Waals surface area contributed by atoms with E-state index in [9.17, 15) is 9.90 Å². The first-order valence-electron chi connectivity index (χ1n) is 4.80. The average Bonchev–Trinajstić information content (AvgIpc) is 2.33. The van der Waals surface area contributed by atoms with Crippen molar-refractivity contribution in [3.05, 3.63) is 54.1 Å². The first-order chi connectivity index (χ1) is 7.79. The molecule has 2 aromatic carbocycles. The maximum Gasteiger partial charge on any atom is 0.150 e. The highest BCUT2D eigenvalue weighted by Gasteiger charge is 2.04. The predicted molar refractivity (Wildman–Crippen MR) is 64.1 cm³/mol. The van der Waals surface area contributed by atoms with Gasteiger partial charge in [0, 0.05) is 10.5 Å². The van der Waals surface area contributed by atoms with Crippen LogP contribution < -0.4 is 0 Å². The van der Waals surface area contributed by atoms with Gasteiger partial charge in [0.1, 0.15) is 12.0 Å². The van der Waals surface area contributed by atoms with Gasteiger partial charge in [-0.15, -0.1) is 0 Å². The summed E-state index contributed by atoms with van der Waals surface area (Å²) in [4.78, 5) is 12.3. The van der Waals surface area contributed by atoms with E-state index in [0.717, 1.165) is 16.1 Å². The number of aromatic hydroxyl groups is 1. The zero-order chi connectivity index (χ0) is 11.4. The molecule has 3 heteroatoms. The number of benzene rings is 2. The first-order valence-corrected chi connectivity index (χ1v) is 5.62. The molecule has 0 aromatic heterocycles. The fourth-order valence-electron chi connectivity index (χ4n) is 1.31. The molecule has 0 unspecified atom stereocenters. The van der Waals surface area contributed by atoms with Crippen molar-refractivity contribution < 1.29 is 9.90 Å². The zero-order valence-corrected chi connectivity index (χ0v) is 9.28. The molecule has 0 aliphatic carbocycles. The molecule has 2 nitrogen and oxygen atoms in total. The minimum atomic E-state index is 0.137. The van der Waals surface area contributed by atoms with Crippen LogP contribution in [-0.4, -0.2) is 11.4 Å². The van der Waals surface area contributed by atoms with Gasteiger partial charge in [0.2, 0.25) is 0 Å². The monoisotopic (exact) mass is 230 g/mol. The van der Waals surface area contributed by atoms with Crippen LogP contribution in [0.4, 0.5) is 0 Å². The third-order valence-electron chi connectivity index (χ3n) is 2.09. The van der Waals surface area contributed by atoms with E-state index in [1.165, 1.54) is 17.8 Å². The molecule has 0 bridgehead atoms. The Morgan fingerprint density at radius 2 is 1.81 bits per heavy atom. The molecular formula is C13H10O2S. The Balaban J connectivity index is 2.25. The number of aldehydes is 1. The van der Waals surface area contributed by atoms with Crippen molar-refractivity contribution in [3.63, 3.8) is 0 Å². The molecule has 0 amide bonds. The van der Waals surface area contributed by atoms with Crippen molar-refractivity contribution in [3.8, 4) is 5.75 Å². The second kappa shape index (κ2) is 4.86. The topological polar surface area (TPSA) is 37.3 Å². The molecule has 0 atom stereocenters. The third-order valence-corrected chi connectivity index (χ3v) is 3.16. The van der Waals surface area contributed by atoms with Gasteiger partial charge in [-0.1, -0.05) is 36.0 Å². The van der Waals surface area contributed by atoms with E-state index < -0.39 is 0 Å². The standard InChI is InChI=1S/C13H10O2S/c14-9-10-6-7-13(12(15)8-10)16-11-4-2-1-3-5-11/h1-9,15H. The highest BCUT2D eigenvalue weighted by molar-refractivity contribution is 7.99. The normalized spacial score (nSPS) is 10.0. The van der Waals surface area contributed by atoms with Crippen LogP contribution >= 0.6 is 11.8 Å². The van der Waals surface area contributed by atoms with Gasteiger partial charge in [-0.2, -0.15) is 0 Å². The molecule has 0 fully saturated rings. The molecule has 0 heterocycles. The molecular weight excluding hydrogens is 220 g/mol. The Hall–Kier alpha value is -1.74. The molecule has 2 aromatic rings. The molecule has 0 saturated carbocycles. The van der Waals surface area contributed by atoms with Gasteiger partial charge >= 0.3 is 0 Å². The lowest BCUT2D eigenvalue weighted by molar-refractivity contribution is 0.112. The Labute approximate surface area is 97.9 Å². The number of hydrogen-bond acceptors (Lipinski definition) is 3. The summed E-state index contributed by atoms with van der Waals surface area (Å²) in [6.07, 6.45) is 0.719. The highest BCUT2D eigenvalue weighted by Crippen LogP contribution is 2.34. The van der Waals surface area contributed by atoms with Crippen LogP contribution in [0.2, 0.25) is 0 Å². The Kier molecular flexibility index (Phi) is 3.27. The number of hydrogen-bond donors (Lipinski definition) is 1. The summed E-state index contributed by atoms with van der Waals surface area (Å²) in [6, 6.07) is 14.7. The molecule has 0 aliphatic rings. The van der Waals surface area contributed by atoms with Gasteiger partial charge in [-0.05, 0) is 24.3 Å². The Morgan fingerprint density at radius 3 is 2.44 bits per heavy atom. The zero-order valence-electron chi connectivity index (χ0n) is 8.46. The average molecular weight is 230 g/mol. The van der Waals surface area contributed by atoms with Crippen molar-refractivity contribution in [2.75, 3.05) is 0 Å².